The summed E-state index contributed by atoms with van der Waals surface area (Å²) < 4.78 is 60.4. The minimum atomic E-state index is -3.73. The molecule has 0 saturated carbocycles. The summed E-state index contributed by atoms with van der Waals surface area (Å²) in [6.45, 7) is -0.0381. The van der Waals surface area contributed by atoms with Crippen molar-refractivity contribution in [3.8, 4) is 0 Å². The van der Waals surface area contributed by atoms with Crippen LogP contribution in [0.2, 0.25) is 0 Å². The minimum Gasteiger partial charge on any atom is -0.386 e. The van der Waals surface area contributed by atoms with Crippen molar-refractivity contribution >= 4 is 38.9 Å². The average Bonchev–Trinajstić information content (AvgIpc) is 2.71. The van der Waals surface area contributed by atoms with Crippen molar-refractivity contribution in [1.82, 2.24) is 25.5 Å². The van der Waals surface area contributed by atoms with E-state index in [2.05, 4.69) is 30.8 Å². The normalized spacial score (nSPS) is 13.4. The molecule has 0 aliphatic heterocycles. The molecule has 3 heterocycles. The molecule has 1 amide bonds. The summed E-state index contributed by atoms with van der Waals surface area (Å²) in [5.41, 5.74) is -2.13. The Morgan fingerprint density at radius 1 is 1.18 bits per heavy atom. The lowest BCUT2D eigenvalue weighted by atomic mass is 10.0. The molecule has 13 heteroatoms. The molecule has 174 valence electrons. The van der Waals surface area contributed by atoms with E-state index in [1.54, 1.807) is 5.32 Å². The Bertz CT molecular complexity index is 1410. The van der Waals surface area contributed by atoms with Crippen molar-refractivity contribution in [3.05, 3.63) is 53.7 Å². The van der Waals surface area contributed by atoms with E-state index in [1.165, 1.54) is 50.4 Å². The number of rotatable bonds is 7. The van der Waals surface area contributed by atoms with Crippen molar-refractivity contribution < 1.29 is 26.8 Å². The number of sulfone groups is 1. The Kier molecular flexibility index (Phi) is 5.46. The van der Waals surface area contributed by atoms with Gasteiger partial charge in [-0.25, -0.2) is 18.4 Å². The lowest BCUT2D eigenvalue weighted by molar-refractivity contribution is 0.0737. The molecule has 0 bridgehead atoms. The second kappa shape index (κ2) is 9.03. The molecule has 0 aliphatic carbocycles. The van der Waals surface area contributed by atoms with Gasteiger partial charge in [0.2, 0.25) is 5.95 Å². The van der Waals surface area contributed by atoms with Crippen LogP contribution in [0.25, 0.3) is 0 Å². The van der Waals surface area contributed by atoms with Gasteiger partial charge in [-0.15, -0.1) is 10.2 Å². The van der Waals surface area contributed by atoms with Crippen LogP contribution < -0.4 is 16.0 Å². The first-order chi connectivity index (χ1) is 16.5. The van der Waals surface area contributed by atoms with E-state index in [-0.39, 0.29) is 33.6 Å². The van der Waals surface area contributed by atoms with Gasteiger partial charge in [0, 0.05) is 35.2 Å². The summed E-state index contributed by atoms with van der Waals surface area (Å²) in [5.74, 6) is -2.27. The van der Waals surface area contributed by atoms with E-state index >= 15 is 0 Å². The highest BCUT2D eigenvalue weighted by Crippen LogP contribution is 2.27. The van der Waals surface area contributed by atoms with Gasteiger partial charge < -0.3 is 21.1 Å². The molecule has 0 radical (unpaired) electrons. The van der Waals surface area contributed by atoms with Crippen LogP contribution in [0.15, 0.2) is 41.4 Å². The number of pyridine rings is 2. The van der Waals surface area contributed by atoms with Crippen molar-refractivity contribution in [2.24, 2.45) is 0 Å². The summed E-state index contributed by atoms with van der Waals surface area (Å²) in [6.07, 6.45) is 2.27. The van der Waals surface area contributed by atoms with Crippen LogP contribution in [0.4, 0.5) is 27.5 Å². The summed E-state index contributed by atoms with van der Waals surface area (Å²) >= 11 is 0. The molecule has 11 nitrogen and oxygen atoms in total. The van der Waals surface area contributed by atoms with Crippen molar-refractivity contribution in [2.75, 3.05) is 23.9 Å². The number of carbonyl (C=O) groups is 1. The largest absolute Gasteiger partial charge is 0.386 e. The number of anilines is 4. The molecule has 3 aromatic heterocycles. The molecule has 4 N–H and O–H groups in total. The first-order valence-corrected chi connectivity index (χ1v) is 11.2. The zero-order valence-corrected chi connectivity index (χ0v) is 18.5. The van der Waals surface area contributed by atoms with Gasteiger partial charge in [-0.1, -0.05) is 0 Å². The molecule has 0 aliphatic rings. The lowest BCUT2D eigenvalue weighted by Crippen LogP contribution is -2.22. The smallest absolute Gasteiger partial charge is 0.273 e. The first-order valence-electron chi connectivity index (χ1n) is 10.8. The zero-order chi connectivity index (χ0) is 26.9. The Hall–Kier alpha value is -3.71. The third kappa shape index (κ3) is 5.56. The van der Waals surface area contributed by atoms with Crippen molar-refractivity contribution in [2.45, 2.75) is 24.3 Å². The fraction of sp³-hybridized carbons (Fsp3) is 0.250. The molecule has 0 unspecified atom stereocenters. The lowest BCUT2D eigenvalue weighted by Gasteiger charge is -2.18. The number of hydrogen-bond donors (Lipinski definition) is 4. The highest BCUT2D eigenvalue weighted by molar-refractivity contribution is 7.90. The highest BCUT2D eigenvalue weighted by Gasteiger charge is 2.22. The van der Waals surface area contributed by atoms with E-state index in [0.29, 0.717) is 0 Å². The molecule has 0 saturated heterocycles. The molecule has 0 atom stereocenters. The number of carbonyl (C=O) groups excluding carboxylic acids is 1. The van der Waals surface area contributed by atoms with Crippen LogP contribution in [0.3, 0.4) is 0 Å². The van der Waals surface area contributed by atoms with Gasteiger partial charge in [0.15, 0.2) is 21.3 Å². The van der Waals surface area contributed by atoms with Gasteiger partial charge in [-0.3, -0.25) is 4.79 Å². The van der Waals surface area contributed by atoms with Gasteiger partial charge >= 0.3 is 0 Å². The van der Waals surface area contributed by atoms with E-state index in [9.17, 15) is 22.7 Å². The Labute approximate surface area is 193 Å². The van der Waals surface area contributed by atoms with Gasteiger partial charge in [0.05, 0.1) is 11.3 Å². The second-order valence-corrected chi connectivity index (χ2v) is 9.40. The van der Waals surface area contributed by atoms with Crippen LogP contribution in [0.1, 0.15) is 34.0 Å². The third-order valence-corrected chi connectivity index (χ3v) is 5.44. The predicted octanol–water partition coefficient (Wildman–Crippen LogP) is 1.88. The van der Waals surface area contributed by atoms with Crippen LogP contribution >= 0.6 is 0 Å². The summed E-state index contributed by atoms with van der Waals surface area (Å²) in [4.78, 5) is 20.1. The Morgan fingerprint density at radius 2 is 1.94 bits per heavy atom. The number of halogens is 1. The summed E-state index contributed by atoms with van der Waals surface area (Å²) in [6, 6.07) is 6.60. The maximum Gasteiger partial charge on any atom is 0.273 e. The van der Waals surface area contributed by atoms with Crippen LogP contribution in [-0.4, -0.2) is 52.8 Å². The van der Waals surface area contributed by atoms with E-state index in [1.807, 2.05) is 0 Å². The van der Waals surface area contributed by atoms with E-state index in [0.717, 1.165) is 6.26 Å². The molecular weight excluding hydrogens is 453 g/mol. The molecular formula is C20H22FN7O4S. The van der Waals surface area contributed by atoms with E-state index in [4.69, 9.17) is 4.11 Å². The SMILES string of the molecule is [2H]C([2H])([2H])NC(=O)c1nnc(Nc2ccc(C(C)(C)O)c(F)n2)cc1Nc1ncccc1S(C)(=O)=O. The fourth-order valence-electron chi connectivity index (χ4n) is 2.78. The zero-order valence-electron chi connectivity index (χ0n) is 20.7. The topological polar surface area (TPSA) is 159 Å². The van der Waals surface area contributed by atoms with Crippen LogP contribution in [0.5, 0.6) is 0 Å². The molecule has 3 rings (SSSR count). The molecule has 33 heavy (non-hydrogen) atoms. The van der Waals surface area contributed by atoms with Gasteiger partial charge in [-0.2, -0.15) is 4.39 Å². The number of aromatic nitrogens is 4. The van der Waals surface area contributed by atoms with Gasteiger partial charge in [0.25, 0.3) is 5.91 Å². The average molecular weight is 479 g/mol. The highest BCUT2D eigenvalue weighted by atomic mass is 32.2. The Morgan fingerprint density at radius 3 is 2.58 bits per heavy atom. The number of nitrogens with one attached hydrogen (secondary N) is 3. The number of amides is 1. The Balaban J connectivity index is 2.04. The number of hydrogen-bond acceptors (Lipinski definition) is 10. The van der Waals surface area contributed by atoms with Gasteiger partial charge in [0.1, 0.15) is 16.5 Å². The summed E-state index contributed by atoms with van der Waals surface area (Å²) in [5, 5.41) is 24.7. The fourth-order valence-corrected chi connectivity index (χ4v) is 3.56. The standard InChI is InChI=1S/C20H22FN7O4S/c1-20(2,30)11-7-8-14(26-17(11)21)25-15-10-12(16(28-27-15)19(29)22-3)24-18-13(33(4,31)32)6-5-9-23-18/h5-10,30H,1-4H3,(H,22,29)(H2,23,24,25,26,27)/i3D3. The molecule has 0 aromatic carbocycles. The molecule has 3 aromatic rings. The molecule has 0 fully saturated rings. The van der Waals surface area contributed by atoms with E-state index < -0.39 is 40.0 Å². The van der Waals surface area contributed by atoms with Crippen LogP contribution in [0, 0.1) is 5.95 Å². The van der Waals surface area contributed by atoms with Crippen LogP contribution in [-0.2, 0) is 15.4 Å². The maximum absolute atomic E-state index is 14.4. The minimum absolute atomic E-state index is 0.0184. The second-order valence-electron chi connectivity index (χ2n) is 7.41. The monoisotopic (exact) mass is 478 g/mol. The van der Waals surface area contributed by atoms with Crippen molar-refractivity contribution in [1.29, 1.82) is 0 Å². The predicted molar refractivity (Wildman–Crippen MR) is 119 cm³/mol. The number of nitrogens with zero attached hydrogens (tertiary/aromatic N) is 4. The quantitative estimate of drug-likeness (QED) is 0.369. The summed E-state index contributed by atoms with van der Waals surface area (Å²) in [7, 11) is -3.73. The third-order valence-electron chi connectivity index (χ3n) is 4.31. The number of aliphatic hydroxyl groups is 1. The van der Waals surface area contributed by atoms with Crippen molar-refractivity contribution in [3.63, 3.8) is 0 Å². The molecule has 0 spiro atoms. The van der Waals surface area contributed by atoms with Gasteiger partial charge in [-0.05, 0) is 38.1 Å². The maximum atomic E-state index is 14.4. The first kappa shape index (κ1) is 19.9.